The summed E-state index contributed by atoms with van der Waals surface area (Å²) in [5.41, 5.74) is 5.88. The fourth-order valence-corrected chi connectivity index (χ4v) is 2.14. The van der Waals surface area contributed by atoms with Crippen molar-refractivity contribution >= 4 is 17.2 Å². The summed E-state index contributed by atoms with van der Waals surface area (Å²) >= 11 is 1.42. The summed E-state index contributed by atoms with van der Waals surface area (Å²) in [7, 11) is 1.78. The molecule has 2 rings (SSSR count). The molecule has 0 aliphatic heterocycles. The second-order valence-corrected chi connectivity index (χ2v) is 4.63. The van der Waals surface area contributed by atoms with E-state index in [2.05, 4.69) is 27.2 Å². The van der Waals surface area contributed by atoms with Crippen molar-refractivity contribution in [2.24, 2.45) is 12.8 Å². The first-order chi connectivity index (χ1) is 9.19. The van der Waals surface area contributed by atoms with Gasteiger partial charge in [0, 0.05) is 12.4 Å². The smallest absolute Gasteiger partial charge is 0.252 e. The van der Waals surface area contributed by atoms with Crippen LogP contribution in [0.5, 0.6) is 0 Å². The Morgan fingerprint density at radius 2 is 2.47 bits per heavy atom. The monoisotopic (exact) mass is 275 g/mol. The summed E-state index contributed by atoms with van der Waals surface area (Å²) in [6.45, 7) is 0.615. The number of carbonyl (C=O) groups excluding carboxylic acids is 1. The van der Waals surface area contributed by atoms with E-state index >= 15 is 0 Å². The molecule has 0 aliphatic rings. The van der Waals surface area contributed by atoms with Crippen LogP contribution < -0.4 is 11.1 Å². The van der Waals surface area contributed by atoms with Crippen molar-refractivity contribution < 1.29 is 4.79 Å². The van der Waals surface area contributed by atoms with E-state index in [-0.39, 0.29) is 5.91 Å². The Kier molecular flexibility index (Phi) is 4.28. The van der Waals surface area contributed by atoms with Crippen LogP contribution in [0, 0.1) is 11.8 Å². The van der Waals surface area contributed by atoms with Crippen LogP contribution in [0.4, 0.5) is 0 Å². The second-order valence-electron chi connectivity index (χ2n) is 3.72. The number of nitrogens with zero attached hydrogens (tertiary/aromatic N) is 3. The first kappa shape index (κ1) is 13.3. The number of hydrogen-bond acceptors (Lipinski definition) is 5. The number of aromatic nitrogens is 3. The van der Waals surface area contributed by atoms with Crippen LogP contribution in [-0.2, 0) is 13.6 Å². The first-order valence-corrected chi connectivity index (χ1v) is 6.47. The van der Waals surface area contributed by atoms with Crippen LogP contribution in [-0.4, -0.2) is 27.2 Å². The van der Waals surface area contributed by atoms with Crippen LogP contribution in [0.15, 0.2) is 17.8 Å². The standard InChI is InChI=1S/C12H13N5OS/c1-17-8-15-11(16-17)6-14-12(18)9-5-10(19-7-9)3-2-4-13/h5,7-8H,4,6,13H2,1H3,(H,14,18). The lowest BCUT2D eigenvalue weighted by molar-refractivity contribution is 0.0950. The number of nitrogens with one attached hydrogen (secondary N) is 1. The number of amides is 1. The summed E-state index contributed by atoms with van der Waals surface area (Å²) in [4.78, 5) is 16.7. The Hall–Kier alpha value is -2.17. The highest BCUT2D eigenvalue weighted by atomic mass is 32.1. The molecule has 0 aliphatic carbocycles. The molecule has 0 unspecified atom stereocenters. The van der Waals surface area contributed by atoms with Crippen molar-refractivity contribution in [3.8, 4) is 11.8 Å². The lowest BCUT2D eigenvalue weighted by atomic mass is 10.3. The highest BCUT2D eigenvalue weighted by Crippen LogP contribution is 2.13. The van der Waals surface area contributed by atoms with Gasteiger partial charge in [-0.2, -0.15) is 5.10 Å². The highest BCUT2D eigenvalue weighted by Gasteiger charge is 2.08. The maximum absolute atomic E-state index is 11.9. The maximum atomic E-state index is 11.9. The number of carbonyl (C=O) groups is 1. The van der Waals surface area contributed by atoms with Gasteiger partial charge in [-0.3, -0.25) is 9.48 Å². The molecule has 2 aromatic rings. The van der Waals surface area contributed by atoms with E-state index < -0.39 is 0 Å². The van der Waals surface area contributed by atoms with E-state index in [1.165, 1.54) is 11.3 Å². The van der Waals surface area contributed by atoms with Gasteiger partial charge in [0.1, 0.15) is 6.33 Å². The Bertz CT molecular complexity index is 634. The second kappa shape index (κ2) is 6.13. The van der Waals surface area contributed by atoms with E-state index in [0.29, 0.717) is 24.5 Å². The zero-order chi connectivity index (χ0) is 13.7. The molecule has 0 atom stereocenters. The van der Waals surface area contributed by atoms with Crippen LogP contribution in [0.2, 0.25) is 0 Å². The van der Waals surface area contributed by atoms with Gasteiger partial charge in [0.2, 0.25) is 0 Å². The molecular weight excluding hydrogens is 262 g/mol. The van der Waals surface area contributed by atoms with Crippen molar-refractivity contribution in [2.75, 3.05) is 6.54 Å². The van der Waals surface area contributed by atoms with Crippen molar-refractivity contribution in [1.82, 2.24) is 20.1 Å². The summed E-state index contributed by atoms with van der Waals surface area (Å²) in [5.74, 6) is 6.06. The fraction of sp³-hybridized carbons (Fsp3) is 0.250. The molecule has 0 bridgehead atoms. The Balaban J connectivity index is 1.94. The fourth-order valence-electron chi connectivity index (χ4n) is 1.39. The van der Waals surface area contributed by atoms with Gasteiger partial charge < -0.3 is 11.1 Å². The maximum Gasteiger partial charge on any atom is 0.252 e. The average molecular weight is 275 g/mol. The Morgan fingerprint density at radius 3 is 3.16 bits per heavy atom. The third-order valence-corrected chi connectivity index (χ3v) is 3.08. The molecule has 0 saturated heterocycles. The summed E-state index contributed by atoms with van der Waals surface area (Å²) in [5, 5.41) is 8.60. The van der Waals surface area contributed by atoms with E-state index in [4.69, 9.17) is 5.73 Å². The van der Waals surface area contributed by atoms with Gasteiger partial charge in [-0.15, -0.1) is 11.3 Å². The van der Waals surface area contributed by atoms with Crippen molar-refractivity contribution in [3.63, 3.8) is 0 Å². The molecule has 2 heterocycles. The minimum absolute atomic E-state index is 0.162. The topological polar surface area (TPSA) is 85.8 Å². The summed E-state index contributed by atoms with van der Waals surface area (Å²) in [6, 6.07) is 1.74. The molecule has 0 saturated carbocycles. The van der Waals surface area contributed by atoms with Crippen LogP contribution in [0.25, 0.3) is 0 Å². The normalized spacial score (nSPS) is 9.79. The SMILES string of the molecule is Cn1cnc(CNC(=O)c2csc(C#CCN)c2)n1. The third-order valence-electron chi connectivity index (χ3n) is 2.23. The van der Waals surface area contributed by atoms with E-state index in [9.17, 15) is 4.79 Å². The van der Waals surface area contributed by atoms with Gasteiger partial charge in [0.15, 0.2) is 5.82 Å². The predicted molar refractivity (Wildman–Crippen MR) is 72.4 cm³/mol. The molecule has 3 N–H and O–H groups in total. The minimum Gasteiger partial charge on any atom is -0.345 e. The molecule has 6 nitrogen and oxygen atoms in total. The van der Waals surface area contributed by atoms with Crippen molar-refractivity contribution in [3.05, 3.63) is 34.0 Å². The molecule has 1 amide bonds. The van der Waals surface area contributed by atoms with Crippen molar-refractivity contribution in [2.45, 2.75) is 6.54 Å². The molecular formula is C12H13N5OS. The Morgan fingerprint density at radius 1 is 1.63 bits per heavy atom. The number of aryl methyl sites for hydroxylation is 1. The van der Waals surface area contributed by atoms with Gasteiger partial charge in [0.05, 0.1) is 23.5 Å². The molecule has 0 aromatic carbocycles. The lowest BCUT2D eigenvalue weighted by Crippen LogP contribution is -2.23. The van der Waals surface area contributed by atoms with Crippen LogP contribution in [0.1, 0.15) is 21.1 Å². The number of hydrogen-bond donors (Lipinski definition) is 2. The lowest BCUT2D eigenvalue weighted by Gasteiger charge is -1.99. The predicted octanol–water partition coefficient (Wildman–Crippen LogP) is 0.117. The molecule has 7 heteroatoms. The molecule has 98 valence electrons. The highest BCUT2D eigenvalue weighted by molar-refractivity contribution is 7.10. The van der Waals surface area contributed by atoms with Gasteiger partial charge in [-0.25, -0.2) is 4.98 Å². The van der Waals surface area contributed by atoms with Crippen molar-refractivity contribution in [1.29, 1.82) is 0 Å². The zero-order valence-corrected chi connectivity index (χ0v) is 11.2. The van der Waals surface area contributed by atoms with E-state index in [1.54, 1.807) is 29.5 Å². The number of nitrogens with two attached hydrogens (primary N) is 1. The van der Waals surface area contributed by atoms with E-state index in [1.807, 2.05) is 0 Å². The largest absolute Gasteiger partial charge is 0.345 e. The number of rotatable bonds is 3. The van der Waals surface area contributed by atoms with Gasteiger partial charge in [-0.1, -0.05) is 11.8 Å². The van der Waals surface area contributed by atoms with Crippen LogP contribution >= 0.6 is 11.3 Å². The molecule has 0 fully saturated rings. The van der Waals surface area contributed by atoms with E-state index in [0.717, 1.165) is 4.88 Å². The van der Waals surface area contributed by atoms with Gasteiger partial charge in [-0.05, 0) is 6.07 Å². The van der Waals surface area contributed by atoms with Gasteiger partial charge in [0.25, 0.3) is 5.91 Å². The van der Waals surface area contributed by atoms with Crippen LogP contribution in [0.3, 0.4) is 0 Å². The number of thiophene rings is 1. The molecule has 2 aromatic heterocycles. The third kappa shape index (κ3) is 3.64. The molecule has 19 heavy (non-hydrogen) atoms. The first-order valence-electron chi connectivity index (χ1n) is 5.59. The summed E-state index contributed by atoms with van der Waals surface area (Å²) < 4.78 is 1.59. The quantitative estimate of drug-likeness (QED) is 0.779. The Labute approximate surface area is 114 Å². The molecule has 0 radical (unpaired) electrons. The minimum atomic E-state index is -0.162. The molecule has 0 spiro atoms. The van der Waals surface area contributed by atoms with Gasteiger partial charge >= 0.3 is 0 Å². The summed E-state index contributed by atoms with van der Waals surface area (Å²) in [6.07, 6.45) is 1.59. The zero-order valence-electron chi connectivity index (χ0n) is 10.4. The average Bonchev–Trinajstić information content (AvgIpc) is 3.02.